The third-order valence-electron chi connectivity index (χ3n) is 3.51. The van der Waals surface area contributed by atoms with Crippen LogP contribution >= 0.6 is 0 Å². The fourth-order valence-electron chi connectivity index (χ4n) is 2.22. The Bertz CT molecular complexity index is 413. The Morgan fingerprint density at radius 3 is 2.47 bits per heavy atom. The molecule has 8 heteroatoms. The molecule has 0 bridgehead atoms. The molecule has 0 aromatic heterocycles. The van der Waals surface area contributed by atoms with Crippen molar-refractivity contribution < 1.29 is 23.1 Å². The topological polar surface area (TPSA) is 87.2 Å². The SMILES string of the molecule is O=C(CCS(=O)(=O)N1CCOCC1)N1CC(CO)C1. The molecule has 110 valence electrons. The van der Waals surface area contributed by atoms with Crippen LogP contribution in [0.25, 0.3) is 0 Å². The number of aliphatic hydroxyl groups excluding tert-OH is 1. The van der Waals surface area contributed by atoms with E-state index in [0.29, 0.717) is 39.4 Å². The van der Waals surface area contributed by atoms with Crippen LogP contribution in [-0.4, -0.2) is 80.4 Å². The number of carbonyl (C=O) groups is 1. The normalized spacial score (nSPS) is 22.3. The summed E-state index contributed by atoms with van der Waals surface area (Å²) >= 11 is 0. The van der Waals surface area contributed by atoms with Gasteiger partial charge < -0.3 is 14.7 Å². The van der Waals surface area contributed by atoms with Gasteiger partial charge in [-0.15, -0.1) is 0 Å². The van der Waals surface area contributed by atoms with Gasteiger partial charge in [-0.3, -0.25) is 4.79 Å². The zero-order valence-electron chi connectivity index (χ0n) is 10.8. The van der Waals surface area contributed by atoms with Crippen molar-refractivity contribution in [2.24, 2.45) is 5.92 Å². The van der Waals surface area contributed by atoms with Gasteiger partial charge in [0.2, 0.25) is 15.9 Å². The second-order valence-corrected chi connectivity index (χ2v) is 7.01. The molecule has 0 saturated carbocycles. The van der Waals surface area contributed by atoms with E-state index in [9.17, 15) is 13.2 Å². The second-order valence-electron chi connectivity index (χ2n) is 4.92. The Hall–Kier alpha value is -0.700. The maximum atomic E-state index is 12.0. The lowest BCUT2D eigenvalue weighted by molar-refractivity contribution is -0.137. The number of rotatable bonds is 5. The highest BCUT2D eigenvalue weighted by atomic mass is 32.2. The molecule has 0 aromatic rings. The first-order valence-electron chi connectivity index (χ1n) is 6.47. The second kappa shape index (κ2) is 6.17. The number of amides is 1. The fourth-order valence-corrected chi connectivity index (χ4v) is 3.61. The van der Waals surface area contributed by atoms with Crippen molar-refractivity contribution in [3.8, 4) is 0 Å². The smallest absolute Gasteiger partial charge is 0.223 e. The van der Waals surface area contributed by atoms with E-state index in [1.807, 2.05) is 0 Å². The lowest BCUT2D eigenvalue weighted by atomic mass is 10.0. The highest BCUT2D eigenvalue weighted by molar-refractivity contribution is 7.89. The van der Waals surface area contributed by atoms with E-state index in [2.05, 4.69) is 0 Å². The van der Waals surface area contributed by atoms with Crippen LogP contribution in [0.2, 0.25) is 0 Å². The molecule has 1 N–H and O–H groups in total. The van der Waals surface area contributed by atoms with Gasteiger partial charge in [0, 0.05) is 45.1 Å². The van der Waals surface area contributed by atoms with Gasteiger partial charge in [0.1, 0.15) is 0 Å². The van der Waals surface area contributed by atoms with Crippen molar-refractivity contribution >= 4 is 15.9 Å². The summed E-state index contributed by atoms with van der Waals surface area (Å²) in [6.45, 7) is 2.71. The van der Waals surface area contributed by atoms with Gasteiger partial charge in [0.05, 0.1) is 19.0 Å². The van der Waals surface area contributed by atoms with Crippen LogP contribution in [0.5, 0.6) is 0 Å². The van der Waals surface area contributed by atoms with E-state index < -0.39 is 10.0 Å². The predicted molar refractivity (Wildman–Crippen MR) is 68.0 cm³/mol. The first-order valence-corrected chi connectivity index (χ1v) is 8.08. The van der Waals surface area contributed by atoms with Crippen molar-refractivity contribution in [3.05, 3.63) is 0 Å². The molecule has 0 aromatic carbocycles. The van der Waals surface area contributed by atoms with Crippen molar-refractivity contribution in [1.82, 2.24) is 9.21 Å². The summed E-state index contributed by atoms with van der Waals surface area (Å²) in [5.41, 5.74) is 0. The molecular weight excluding hydrogens is 272 g/mol. The molecule has 1 amide bonds. The molecule has 19 heavy (non-hydrogen) atoms. The molecule has 0 atom stereocenters. The van der Waals surface area contributed by atoms with Gasteiger partial charge in [0.15, 0.2) is 0 Å². The van der Waals surface area contributed by atoms with E-state index in [-0.39, 0.29) is 30.6 Å². The number of hydrogen-bond donors (Lipinski definition) is 1. The summed E-state index contributed by atoms with van der Waals surface area (Å²) in [5.74, 6) is -0.145. The Morgan fingerprint density at radius 2 is 1.89 bits per heavy atom. The summed E-state index contributed by atoms with van der Waals surface area (Å²) in [5, 5.41) is 8.86. The van der Waals surface area contributed by atoms with Gasteiger partial charge in [-0.2, -0.15) is 4.31 Å². The van der Waals surface area contributed by atoms with Crippen LogP contribution in [0.15, 0.2) is 0 Å². The molecule has 2 aliphatic heterocycles. The average molecular weight is 292 g/mol. The monoisotopic (exact) mass is 292 g/mol. The van der Waals surface area contributed by atoms with Crippen molar-refractivity contribution in [1.29, 1.82) is 0 Å². The standard InChI is InChI=1S/C11H20N2O5S/c14-9-10-7-12(8-10)11(15)1-6-19(16,17)13-2-4-18-5-3-13/h10,14H,1-9H2. The summed E-state index contributed by atoms with van der Waals surface area (Å²) in [6.07, 6.45) is 0.0117. The summed E-state index contributed by atoms with van der Waals surface area (Å²) in [4.78, 5) is 13.3. The summed E-state index contributed by atoms with van der Waals surface area (Å²) in [7, 11) is -3.36. The van der Waals surface area contributed by atoms with Crippen LogP contribution < -0.4 is 0 Å². The Balaban J connectivity index is 1.76. The molecule has 2 rings (SSSR count). The minimum atomic E-state index is -3.36. The van der Waals surface area contributed by atoms with Crippen molar-refractivity contribution in [2.75, 3.05) is 51.8 Å². The minimum absolute atomic E-state index is 0.0117. The lowest BCUT2D eigenvalue weighted by Gasteiger charge is -2.38. The number of morpholine rings is 1. The zero-order chi connectivity index (χ0) is 13.9. The number of aliphatic hydroxyl groups is 1. The van der Waals surface area contributed by atoms with Crippen LogP contribution in [0.1, 0.15) is 6.42 Å². The van der Waals surface area contributed by atoms with Crippen molar-refractivity contribution in [3.63, 3.8) is 0 Å². The van der Waals surface area contributed by atoms with Gasteiger partial charge in [-0.25, -0.2) is 8.42 Å². The number of likely N-dealkylation sites (tertiary alicyclic amines) is 1. The van der Waals surface area contributed by atoms with Crippen LogP contribution in [0, 0.1) is 5.92 Å². The van der Waals surface area contributed by atoms with Gasteiger partial charge in [-0.1, -0.05) is 0 Å². The molecular formula is C11H20N2O5S. The van der Waals surface area contributed by atoms with E-state index in [0.717, 1.165) is 0 Å². The Labute approximate surface area is 113 Å². The van der Waals surface area contributed by atoms with Crippen LogP contribution in [0.4, 0.5) is 0 Å². The number of ether oxygens (including phenoxy) is 1. The van der Waals surface area contributed by atoms with E-state index in [4.69, 9.17) is 9.84 Å². The fraction of sp³-hybridized carbons (Fsp3) is 0.909. The Morgan fingerprint density at radius 1 is 1.26 bits per heavy atom. The quantitative estimate of drug-likeness (QED) is 0.665. The molecule has 2 aliphatic rings. The predicted octanol–water partition coefficient (Wildman–Crippen LogP) is -1.51. The maximum absolute atomic E-state index is 12.0. The highest BCUT2D eigenvalue weighted by Gasteiger charge is 2.31. The number of sulfonamides is 1. The molecule has 0 radical (unpaired) electrons. The molecule has 0 unspecified atom stereocenters. The first-order chi connectivity index (χ1) is 9.03. The molecule has 7 nitrogen and oxygen atoms in total. The third kappa shape index (κ3) is 3.65. The number of carbonyl (C=O) groups excluding carboxylic acids is 1. The third-order valence-corrected chi connectivity index (χ3v) is 5.38. The molecule has 0 spiro atoms. The zero-order valence-corrected chi connectivity index (χ0v) is 11.6. The molecule has 2 fully saturated rings. The van der Waals surface area contributed by atoms with Crippen LogP contribution in [-0.2, 0) is 19.6 Å². The van der Waals surface area contributed by atoms with Gasteiger partial charge in [-0.05, 0) is 0 Å². The molecule has 2 saturated heterocycles. The Kier molecular flexibility index (Phi) is 4.77. The average Bonchev–Trinajstić information content (AvgIpc) is 2.36. The number of nitrogens with zero attached hydrogens (tertiary/aromatic N) is 2. The minimum Gasteiger partial charge on any atom is -0.396 e. The van der Waals surface area contributed by atoms with Gasteiger partial charge >= 0.3 is 0 Å². The lowest BCUT2D eigenvalue weighted by Crippen LogP contribution is -2.52. The van der Waals surface area contributed by atoms with Gasteiger partial charge in [0.25, 0.3) is 0 Å². The molecule has 2 heterocycles. The largest absolute Gasteiger partial charge is 0.396 e. The van der Waals surface area contributed by atoms with E-state index in [1.54, 1.807) is 4.90 Å². The van der Waals surface area contributed by atoms with Crippen molar-refractivity contribution in [2.45, 2.75) is 6.42 Å². The first kappa shape index (κ1) is 14.7. The summed E-state index contributed by atoms with van der Waals surface area (Å²) < 4.78 is 30.5. The van der Waals surface area contributed by atoms with E-state index >= 15 is 0 Å². The van der Waals surface area contributed by atoms with Crippen LogP contribution in [0.3, 0.4) is 0 Å². The highest BCUT2D eigenvalue weighted by Crippen LogP contribution is 2.16. The number of hydrogen-bond acceptors (Lipinski definition) is 5. The summed E-state index contributed by atoms with van der Waals surface area (Å²) in [6, 6.07) is 0. The maximum Gasteiger partial charge on any atom is 0.223 e. The molecule has 0 aliphatic carbocycles. The van der Waals surface area contributed by atoms with E-state index in [1.165, 1.54) is 4.31 Å².